The van der Waals surface area contributed by atoms with Crippen molar-refractivity contribution in [1.29, 1.82) is 0 Å². The Labute approximate surface area is 107 Å². The molecule has 1 heterocycles. The Hall–Kier alpha value is -2.14. The van der Waals surface area contributed by atoms with Crippen molar-refractivity contribution in [2.75, 3.05) is 5.32 Å². The molecule has 2 N–H and O–H groups in total. The maximum absolute atomic E-state index is 12.9. The van der Waals surface area contributed by atoms with E-state index in [0.717, 1.165) is 12.3 Å². The van der Waals surface area contributed by atoms with Gasteiger partial charge in [0, 0.05) is 18.0 Å². The predicted octanol–water partition coefficient (Wildman–Crippen LogP) is 2.83. The van der Waals surface area contributed by atoms with Crippen LogP contribution in [0.3, 0.4) is 0 Å². The van der Waals surface area contributed by atoms with E-state index in [2.05, 4.69) is 10.3 Å². The quantitative estimate of drug-likeness (QED) is 0.879. The Kier molecular flexibility index (Phi) is 3.43. The summed E-state index contributed by atoms with van der Waals surface area (Å²) < 4.78 is 12.9. The first-order chi connectivity index (χ1) is 8.56. The van der Waals surface area contributed by atoms with Gasteiger partial charge < -0.3 is 10.4 Å². The smallest absolute Gasteiger partial charge is 0.257 e. The van der Waals surface area contributed by atoms with Crippen LogP contribution in [0.15, 0.2) is 36.7 Å². The lowest BCUT2D eigenvalue weighted by Gasteiger charge is -2.06. The number of phenolic OH excluding ortho intramolecular Hbond substituents is 1. The van der Waals surface area contributed by atoms with Crippen LogP contribution in [0.5, 0.6) is 5.75 Å². The molecule has 0 aliphatic heterocycles. The SMILES string of the molecule is O=C(Nc1ccc(Cl)c(O)c1)c1cncc(F)c1. The first-order valence-corrected chi connectivity index (χ1v) is 5.34. The summed E-state index contributed by atoms with van der Waals surface area (Å²) in [6, 6.07) is 5.33. The minimum absolute atomic E-state index is 0.0874. The van der Waals surface area contributed by atoms with E-state index in [1.807, 2.05) is 0 Å². The van der Waals surface area contributed by atoms with Crippen molar-refractivity contribution in [3.05, 3.63) is 53.1 Å². The Balaban J connectivity index is 2.18. The van der Waals surface area contributed by atoms with Gasteiger partial charge in [-0.2, -0.15) is 0 Å². The second-order valence-corrected chi connectivity index (χ2v) is 3.92. The van der Waals surface area contributed by atoms with Crippen LogP contribution in [0.1, 0.15) is 10.4 Å². The third kappa shape index (κ3) is 2.75. The molecular formula is C12H8ClFN2O2. The molecule has 0 saturated heterocycles. The standard InChI is InChI=1S/C12H8ClFN2O2/c13-10-2-1-9(4-11(10)17)16-12(18)7-3-8(14)6-15-5-7/h1-6,17H,(H,16,18). The number of aromatic hydroxyl groups is 1. The molecule has 2 aromatic rings. The van der Waals surface area contributed by atoms with Crippen LogP contribution in [-0.2, 0) is 0 Å². The summed E-state index contributed by atoms with van der Waals surface area (Å²) >= 11 is 5.63. The summed E-state index contributed by atoms with van der Waals surface area (Å²) in [5, 5.41) is 12.0. The number of rotatable bonds is 2. The number of hydrogen-bond acceptors (Lipinski definition) is 3. The fourth-order valence-corrected chi connectivity index (χ4v) is 1.45. The van der Waals surface area contributed by atoms with Gasteiger partial charge >= 0.3 is 0 Å². The molecule has 0 saturated carbocycles. The molecule has 0 aliphatic carbocycles. The number of amides is 1. The zero-order valence-electron chi connectivity index (χ0n) is 9.02. The van der Waals surface area contributed by atoms with Crippen LogP contribution in [0, 0.1) is 5.82 Å². The van der Waals surface area contributed by atoms with E-state index >= 15 is 0 Å². The molecule has 0 spiro atoms. The molecule has 0 atom stereocenters. The summed E-state index contributed by atoms with van der Waals surface area (Å²) in [5.74, 6) is -1.27. The molecule has 4 nitrogen and oxygen atoms in total. The van der Waals surface area contributed by atoms with Gasteiger partial charge in [-0.15, -0.1) is 0 Å². The fraction of sp³-hybridized carbons (Fsp3) is 0. The van der Waals surface area contributed by atoms with Gasteiger partial charge in [0.25, 0.3) is 5.91 Å². The number of nitrogens with one attached hydrogen (secondary N) is 1. The van der Waals surface area contributed by atoms with Crippen molar-refractivity contribution in [3.63, 3.8) is 0 Å². The van der Waals surface area contributed by atoms with Crippen molar-refractivity contribution in [1.82, 2.24) is 4.98 Å². The molecule has 0 radical (unpaired) electrons. The number of nitrogens with zero attached hydrogens (tertiary/aromatic N) is 1. The Bertz CT molecular complexity index is 604. The minimum atomic E-state index is -0.596. The van der Waals surface area contributed by atoms with Gasteiger partial charge in [-0.1, -0.05) is 11.6 Å². The Morgan fingerprint density at radius 3 is 2.78 bits per heavy atom. The Morgan fingerprint density at radius 2 is 2.11 bits per heavy atom. The highest BCUT2D eigenvalue weighted by Gasteiger charge is 2.08. The molecule has 1 aromatic carbocycles. The lowest BCUT2D eigenvalue weighted by Crippen LogP contribution is -2.12. The predicted molar refractivity (Wildman–Crippen MR) is 65.3 cm³/mol. The molecule has 92 valence electrons. The van der Waals surface area contributed by atoms with Gasteiger partial charge in [0.15, 0.2) is 0 Å². The number of benzene rings is 1. The molecule has 0 fully saturated rings. The largest absolute Gasteiger partial charge is 0.506 e. The van der Waals surface area contributed by atoms with Crippen molar-refractivity contribution < 1.29 is 14.3 Å². The highest BCUT2D eigenvalue weighted by atomic mass is 35.5. The number of aromatic nitrogens is 1. The monoisotopic (exact) mass is 266 g/mol. The zero-order chi connectivity index (χ0) is 13.1. The highest BCUT2D eigenvalue weighted by molar-refractivity contribution is 6.32. The highest BCUT2D eigenvalue weighted by Crippen LogP contribution is 2.26. The molecule has 1 amide bonds. The summed E-state index contributed by atoms with van der Waals surface area (Å²) in [6.07, 6.45) is 2.25. The first-order valence-electron chi connectivity index (χ1n) is 4.96. The second kappa shape index (κ2) is 5.01. The summed E-state index contributed by atoms with van der Waals surface area (Å²) in [7, 11) is 0. The van der Waals surface area contributed by atoms with Crippen molar-refractivity contribution in [3.8, 4) is 5.75 Å². The number of anilines is 1. The second-order valence-electron chi connectivity index (χ2n) is 3.51. The fourth-order valence-electron chi connectivity index (χ4n) is 1.33. The molecule has 6 heteroatoms. The third-order valence-corrected chi connectivity index (χ3v) is 2.49. The number of pyridine rings is 1. The van der Waals surface area contributed by atoms with Crippen LogP contribution in [0.25, 0.3) is 0 Å². The van der Waals surface area contributed by atoms with Gasteiger partial charge in [0.05, 0.1) is 16.8 Å². The van der Waals surface area contributed by atoms with Gasteiger partial charge in [-0.3, -0.25) is 9.78 Å². The van der Waals surface area contributed by atoms with E-state index in [0.29, 0.717) is 5.69 Å². The van der Waals surface area contributed by atoms with E-state index in [4.69, 9.17) is 11.6 Å². The average Bonchev–Trinajstić information content (AvgIpc) is 2.34. The topological polar surface area (TPSA) is 62.2 Å². The number of hydrogen-bond donors (Lipinski definition) is 2. The number of carbonyl (C=O) groups excluding carboxylic acids is 1. The van der Waals surface area contributed by atoms with Gasteiger partial charge in [-0.05, 0) is 18.2 Å². The summed E-state index contributed by atoms with van der Waals surface area (Å²) in [6.45, 7) is 0. The molecule has 0 unspecified atom stereocenters. The molecule has 2 rings (SSSR count). The van der Waals surface area contributed by atoms with Crippen LogP contribution >= 0.6 is 11.6 Å². The lowest BCUT2D eigenvalue weighted by molar-refractivity contribution is 0.102. The van der Waals surface area contributed by atoms with Crippen LogP contribution in [-0.4, -0.2) is 16.0 Å². The summed E-state index contributed by atoms with van der Waals surface area (Å²) in [4.78, 5) is 15.3. The molecular weight excluding hydrogens is 259 g/mol. The maximum atomic E-state index is 12.9. The van der Waals surface area contributed by atoms with Gasteiger partial charge in [0.2, 0.25) is 0 Å². The average molecular weight is 267 g/mol. The minimum Gasteiger partial charge on any atom is -0.506 e. The van der Waals surface area contributed by atoms with E-state index in [1.54, 1.807) is 0 Å². The number of phenols is 1. The zero-order valence-corrected chi connectivity index (χ0v) is 9.78. The molecule has 0 bridgehead atoms. The number of halogens is 2. The van der Waals surface area contributed by atoms with E-state index in [9.17, 15) is 14.3 Å². The maximum Gasteiger partial charge on any atom is 0.257 e. The molecule has 1 aromatic heterocycles. The van der Waals surface area contributed by atoms with Gasteiger partial charge in [0.1, 0.15) is 11.6 Å². The van der Waals surface area contributed by atoms with Crippen molar-refractivity contribution in [2.24, 2.45) is 0 Å². The van der Waals surface area contributed by atoms with Crippen LogP contribution < -0.4 is 5.32 Å². The van der Waals surface area contributed by atoms with Gasteiger partial charge in [-0.25, -0.2) is 4.39 Å². The van der Waals surface area contributed by atoms with Crippen LogP contribution in [0.2, 0.25) is 5.02 Å². The normalized spacial score (nSPS) is 10.1. The Morgan fingerprint density at radius 1 is 1.33 bits per heavy atom. The first kappa shape index (κ1) is 12.3. The van der Waals surface area contributed by atoms with Crippen molar-refractivity contribution >= 4 is 23.2 Å². The summed E-state index contributed by atoms with van der Waals surface area (Å²) in [5.41, 5.74) is 0.440. The van der Waals surface area contributed by atoms with Crippen molar-refractivity contribution in [2.45, 2.75) is 0 Å². The molecule has 18 heavy (non-hydrogen) atoms. The lowest BCUT2D eigenvalue weighted by atomic mass is 10.2. The third-order valence-electron chi connectivity index (χ3n) is 2.17. The van der Waals surface area contributed by atoms with Crippen LogP contribution in [0.4, 0.5) is 10.1 Å². The van der Waals surface area contributed by atoms with E-state index in [-0.39, 0.29) is 16.3 Å². The van der Waals surface area contributed by atoms with E-state index in [1.165, 1.54) is 24.4 Å². The van der Waals surface area contributed by atoms with E-state index < -0.39 is 11.7 Å². The molecule has 0 aliphatic rings. The number of carbonyl (C=O) groups is 1.